The number of benzene rings is 1. The van der Waals surface area contributed by atoms with Crippen molar-refractivity contribution in [2.75, 3.05) is 15.5 Å². The van der Waals surface area contributed by atoms with Crippen LogP contribution in [-0.2, 0) is 0 Å². The van der Waals surface area contributed by atoms with Crippen molar-refractivity contribution in [2.24, 2.45) is 0 Å². The highest BCUT2D eigenvalue weighted by atomic mass is 35.5. The van der Waals surface area contributed by atoms with Gasteiger partial charge in [-0.1, -0.05) is 22.9 Å². The van der Waals surface area contributed by atoms with E-state index in [0.29, 0.717) is 27.9 Å². The molecule has 2 atom stereocenters. The molecule has 2 amide bonds. The monoisotopic (exact) mass is 365 g/mol. The zero-order valence-electron chi connectivity index (χ0n) is 13.6. The molecule has 128 valence electrons. The maximum Gasteiger partial charge on any atom is 0.325 e. The molecular weight excluding hydrogens is 346 g/mol. The van der Waals surface area contributed by atoms with Crippen LogP contribution in [0.1, 0.15) is 33.1 Å². The number of halogens is 1. The Morgan fingerprint density at radius 2 is 1.83 bits per heavy atom. The van der Waals surface area contributed by atoms with Crippen LogP contribution in [0.15, 0.2) is 24.3 Å². The normalized spacial score (nSPS) is 20.7. The second-order valence-electron chi connectivity index (χ2n) is 6.01. The van der Waals surface area contributed by atoms with Gasteiger partial charge in [-0.05, 0) is 57.4 Å². The van der Waals surface area contributed by atoms with E-state index in [4.69, 9.17) is 11.6 Å². The number of nitrogens with one attached hydrogen (secondary N) is 2. The van der Waals surface area contributed by atoms with Crippen molar-refractivity contribution in [1.29, 1.82) is 0 Å². The van der Waals surface area contributed by atoms with E-state index in [1.165, 1.54) is 17.8 Å². The molecule has 8 heteroatoms. The zero-order chi connectivity index (χ0) is 17.1. The predicted octanol–water partition coefficient (Wildman–Crippen LogP) is 4.60. The van der Waals surface area contributed by atoms with Gasteiger partial charge in [0, 0.05) is 22.8 Å². The van der Waals surface area contributed by atoms with Crippen molar-refractivity contribution in [2.45, 2.75) is 45.2 Å². The Labute approximate surface area is 150 Å². The second kappa shape index (κ2) is 7.36. The summed E-state index contributed by atoms with van der Waals surface area (Å²) < 4.78 is 0. The maximum absolute atomic E-state index is 12.1. The number of amides is 2. The standard InChI is InChI=1S/C16H20ClN5OS/c1-10-4-3-5-11(2)22(10)16-21-20-15(24-16)19-14(23)18-13-8-6-12(17)7-9-13/h6-11H,3-5H2,1-2H3,(H2,18,19,20,23)/t10-,11-/m1/s1. The average molecular weight is 366 g/mol. The first-order valence-corrected chi connectivity index (χ1v) is 9.18. The lowest BCUT2D eigenvalue weighted by Gasteiger charge is -2.38. The topological polar surface area (TPSA) is 70.2 Å². The minimum absolute atomic E-state index is 0.347. The number of hydrogen-bond acceptors (Lipinski definition) is 5. The molecule has 24 heavy (non-hydrogen) atoms. The third-order valence-electron chi connectivity index (χ3n) is 4.15. The fourth-order valence-corrected chi connectivity index (χ4v) is 4.03. The molecule has 0 spiro atoms. The fourth-order valence-electron chi connectivity index (χ4n) is 2.96. The molecule has 0 saturated carbocycles. The molecule has 0 bridgehead atoms. The summed E-state index contributed by atoms with van der Waals surface area (Å²) in [4.78, 5) is 14.3. The quantitative estimate of drug-likeness (QED) is 0.833. The van der Waals surface area contributed by atoms with Crippen LogP contribution in [0, 0.1) is 0 Å². The Morgan fingerprint density at radius 1 is 1.17 bits per heavy atom. The van der Waals surface area contributed by atoms with Crippen molar-refractivity contribution in [3.8, 4) is 0 Å². The Balaban J connectivity index is 1.63. The number of anilines is 3. The van der Waals surface area contributed by atoms with Gasteiger partial charge in [-0.15, -0.1) is 10.2 Å². The zero-order valence-corrected chi connectivity index (χ0v) is 15.2. The summed E-state index contributed by atoms with van der Waals surface area (Å²) in [5.41, 5.74) is 0.667. The van der Waals surface area contributed by atoms with Gasteiger partial charge in [0.05, 0.1) is 0 Å². The lowest BCUT2D eigenvalue weighted by Crippen LogP contribution is -2.43. The lowest BCUT2D eigenvalue weighted by atomic mass is 9.98. The van der Waals surface area contributed by atoms with Gasteiger partial charge in [-0.2, -0.15) is 0 Å². The minimum Gasteiger partial charge on any atom is -0.341 e. The van der Waals surface area contributed by atoms with Crippen molar-refractivity contribution in [3.05, 3.63) is 29.3 Å². The number of carbonyl (C=O) groups excluding carboxylic acids is 1. The van der Waals surface area contributed by atoms with Crippen LogP contribution in [0.2, 0.25) is 5.02 Å². The molecule has 0 radical (unpaired) electrons. The van der Waals surface area contributed by atoms with Gasteiger partial charge >= 0.3 is 6.03 Å². The molecule has 1 aliphatic heterocycles. The van der Waals surface area contributed by atoms with Crippen LogP contribution in [0.5, 0.6) is 0 Å². The van der Waals surface area contributed by atoms with Gasteiger partial charge in [0.2, 0.25) is 10.3 Å². The molecule has 2 aromatic rings. The minimum atomic E-state index is -0.347. The van der Waals surface area contributed by atoms with Gasteiger partial charge in [-0.25, -0.2) is 4.79 Å². The SMILES string of the molecule is C[C@@H]1CCC[C@@H](C)N1c1nnc(NC(=O)Nc2ccc(Cl)cc2)s1. The molecule has 1 aromatic heterocycles. The van der Waals surface area contributed by atoms with E-state index in [0.717, 1.165) is 18.0 Å². The predicted molar refractivity (Wildman–Crippen MR) is 99.3 cm³/mol. The van der Waals surface area contributed by atoms with Crippen LogP contribution < -0.4 is 15.5 Å². The van der Waals surface area contributed by atoms with E-state index < -0.39 is 0 Å². The molecule has 1 saturated heterocycles. The Morgan fingerprint density at radius 3 is 2.50 bits per heavy atom. The molecule has 2 heterocycles. The molecule has 1 fully saturated rings. The summed E-state index contributed by atoms with van der Waals surface area (Å²) >= 11 is 7.23. The van der Waals surface area contributed by atoms with Crippen molar-refractivity contribution in [1.82, 2.24) is 10.2 Å². The molecular formula is C16H20ClN5OS. The average Bonchev–Trinajstić information content (AvgIpc) is 2.97. The van der Waals surface area contributed by atoms with Crippen LogP contribution >= 0.6 is 22.9 Å². The number of hydrogen-bond donors (Lipinski definition) is 2. The van der Waals surface area contributed by atoms with Crippen molar-refractivity contribution >= 4 is 44.9 Å². The van der Waals surface area contributed by atoms with E-state index in [-0.39, 0.29) is 6.03 Å². The second-order valence-corrected chi connectivity index (χ2v) is 7.40. The summed E-state index contributed by atoms with van der Waals surface area (Å²) in [6, 6.07) is 7.46. The number of piperidine rings is 1. The third kappa shape index (κ3) is 3.96. The number of rotatable bonds is 3. The molecule has 1 aromatic carbocycles. The highest BCUT2D eigenvalue weighted by Crippen LogP contribution is 2.32. The Bertz CT molecular complexity index is 695. The molecule has 6 nitrogen and oxygen atoms in total. The highest BCUT2D eigenvalue weighted by Gasteiger charge is 2.27. The van der Waals surface area contributed by atoms with Crippen LogP contribution in [0.25, 0.3) is 0 Å². The largest absolute Gasteiger partial charge is 0.341 e. The first-order valence-electron chi connectivity index (χ1n) is 7.98. The first kappa shape index (κ1) is 17.0. The molecule has 1 aliphatic rings. The molecule has 3 rings (SSSR count). The summed E-state index contributed by atoms with van der Waals surface area (Å²) in [5.74, 6) is 0. The maximum atomic E-state index is 12.1. The summed E-state index contributed by atoms with van der Waals surface area (Å²) in [7, 11) is 0. The lowest BCUT2D eigenvalue weighted by molar-refractivity contribution is 0.262. The number of aromatic nitrogens is 2. The summed E-state index contributed by atoms with van der Waals surface area (Å²) in [6.45, 7) is 4.41. The first-order chi connectivity index (χ1) is 11.5. The van der Waals surface area contributed by atoms with E-state index in [2.05, 4.69) is 39.6 Å². The van der Waals surface area contributed by atoms with Gasteiger partial charge in [0.1, 0.15) is 0 Å². The van der Waals surface area contributed by atoms with Gasteiger partial charge in [0.25, 0.3) is 0 Å². The highest BCUT2D eigenvalue weighted by molar-refractivity contribution is 7.19. The molecule has 2 N–H and O–H groups in total. The van der Waals surface area contributed by atoms with Gasteiger partial charge in [0.15, 0.2) is 0 Å². The van der Waals surface area contributed by atoms with Gasteiger partial charge in [-0.3, -0.25) is 5.32 Å². The van der Waals surface area contributed by atoms with E-state index in [1.807, 2.05) is 0 Å². The summed E-state index contributed by atoms with van der Waals surface area (Å²) in [5, 5.41) is 15.8. The van der Waals surface area contributed by atoms with E-state index >= 15 is 0 Å². The van der Waals surface area contributed by atoms with Gasteiger partial charge < -0.3 is 10.2 Å². The number of nitrogens with zero attached hydrogens (tertiary/aromatic N) is 3. The smallest absolute Gasteiger partial charge is 0.325 e. The number of carbonyl (C=O) groups is 1. The molecule has 0 aliphatic carbocycles. The fraction of sp³-hybridized carbons (Fsp3) is 0.438. The molecule has 0 unspecified atom stereocenters. The Hall–Kier alpha value is -1.86. The third-order valence-corrected chi connectivity index (χ3v) is 5.26. The van der Waals surface area contributed by atoms with Crippen LogP contribution in [0.4, 0.5) is 20.7 Å². The summed E-state index contributed by atoms with van der Waals surface area (Å²) in [6.07, 6.45) is 3.56. The van der Waals surface area contributed by atoms with Crippen LogP contribution in [-0.4, -0.2) is 28.3 Å². The van der Waals surface area contributed by atoms with Crippen molar-refractivity contribution < 1.29 is 4.79 Å². The Kier molecular flexibility index (Phi) is 5.20. The van der Waals surface area contributed by atoms with E-state index in [1.54, 1.807) is 24.3 Å². The van der Waals surface area contributed by atoms with Crippen LogP contribution in [0.3, 0.4) is 0 Å². The number of urea groups is 1. The van der Waals surface area contributed by atoms with E-state index in [9.17, 15) is 4.79 Å². The van der Waals surface area contributed by atoms with Crippen molar-refractivity contribution in [3.63, 3.8) is 0 Å².